The molecule has 0 heterocycles. The lowest BCUT2D eigenvalue weighted by molar-refractivity contribution is -0.144. The molecule has 1 aromatic carbocycles. The molecular weight excluding hydrogens is 278 g/mol. The molecule has 0 saturated carbocycles. The van der Waals surface area contributed by atoms with Gasteiger partial charge in [0.25, 0.3) is 5.91 Å². The minimum Gasteiger partial charge on any atom is -0.452 e. The molecular formula is C15H18ClNO3. The van der Waals surface area contributed by atoms with Crippen molar-refractivity contribution in [3.63, 3.8) is 0 Å². The van der Waals surface area contributed by atoms with E-state index < -0.39 is 5.97 Å². The van der Waals surface area contributed by atoms with Crippen LogP contribution in [0.15, 0.2) is 30.3 Å². The summed E-state index contributed by atoms with van der Waals surface area (Å²) in [6.45, 7) is 3.58. The number of hydrogen-bond donors (Lipinski definition) is 1. The third-order valence-electron chi connectivity index (χ3n) is 2.65. The molecule has 0 bridgehead atoms. The molecule has 5 heteroatoms. The largest absolute Gasteiger partial charge is 0.452 e. The summed E-state index contributed by atoms with van der Waals surface area (Å²) in [6.07, 6.45) is 3.71. The van der Waals surface area contributed by atoms with Gasteiger partial charge in [-0.05, 0) is 37.1 Å². The number of carbonyl (C=O) groups is 2. The molecule has 0 aliphatic heterocycles. The Labute approximate surface area is 123 Å². The molecule has 1 aromatic rings. The summed E-state index contributed by atoms with van der Waals surface area (Å²) in [7, 11) is 0. The second kappa shape index (κ2) is 8.38. The van der Waals surface area contributed by atoms with Crippen molar-refractivity contribution in [3.8, 4) is 0 Å². The second-order valence-corrected chi connectivity index (χ2v) is 4.81. The maximum Gasteiger partial charge on any atom is 0.331 e. The number of esters is 1. The van der Waals surface area contributed by atoms with Gasteiger partial charge in [0.2, 0.25) is 0 Å². The van der Waals surface area contributed by atoms with E-state index in [1.165, 1.54) is 6.08 Å². The maximum atomic E-state index is 11.4. The highest BCUT2D eigenvalue weighted by molar-refractivity contribution is 6.30. The van der Waals surface area contributed by atoms with E-state index in [9.17, 15) is 9.59 Å². The Kier molecular flexibility index (Phi) is 6.81. The van der Waals surface area contributed by atoms with Crippen LogP contribution in [0.5, 0.6) is 0 Å². The summed E-state index contributed by atoms with van der Waals surface area (Å²) in [4.78, 5) is 22.8. The molecule has 20 heavy (non-hydrogen) atoms. The Balaban J connectivity index is 2.36. The molecule has 1 N–H and O–H groups in total. The van der Waals surface area contributed by atoms with Gasteiger partial charge in [-0.3, -0.25) is 4.79 Å². The summed E-state index contributed by atoms with van der Waals surface area (Å²) in [5.74, 6) is -0.855. The number of rotatable bonds is 6. The van der Waals surface area contributed by atoms with Crippen molar-refractivity contribution in [2.75, 3.05) is 6.61 Å². The minimum absolute atomic E-state index is 0.0748. The Hall–Kier alpha value is -1.81. The standard InChI is InChI=1S/C15H18ClNO3/c1-3-11(2)17-14(18)10-20-15(19)9-6-12-4-7-13(16)8-5-12/h4-9,11H,3,10H2,1-2H3,(H,17,18)/b9-6+/t11-/m1/s1. The Bertz CT molecular complexity index is 482. The molecule has 0 aromatic heterocycles. The molecule has 0 aliphatic carbocycles. The minimum atomic E-state index is -0.556. The summed E-state index contributed by atoms with van der Waals surface area (Å²) in [6, 6.07) is 7.09. The summed E-state index contributed by atoms with van der Waals surface area (Å²) in [5.41, 5.74) is 0.829. The normalized spacial score (nSPS) is 12.2. The van der Waals surface area contributed by atoms with Gasteiger partial charge in [-0.15, -0.1) is 0 Å². The summed E-state index contributed by atoms with van der Waals surface area (Å²) in [5, 5.41) is 3.34. The number of benzene rings is 1. The molecule has 0 saturated heterocycles. The lowest BCUT2D eigenvalue weighted by Crippen LogP contribution is -2.35. The summed E-state index contributed by atoms with van der Waals surface area (Å²) >= 11 is 5.75. The fraction of sp³-hybridized carbons (Fsp3) is 0.333. The smallest absolute Gasteiger partial charge is 0.331 e. The van der Waals surface area contributed by atoms with E-state index in [1.807, 2.05) is 13.8 Å². The van der Waals surface area contributed by atoms with Gasteiger partial charge in [0.1, 0.15) is 0 Å². The van der Waals surface area contributed by atoms with Crippen molar-refractivity contribution >= 4 is 29.6 Å². The van der Waals surface area contributed by atoms with Gasteiger partial charge < -0.3 is 10.1 Å². The zero-order valence-electron chi connectivity index (χ0n) is 11.6. The van der Waals surface area contributed by atoms with Crippen molar-refractivity contribution < 1.29 is 14.3 Å². The number of nitrogens with one attached hydrogen (secondary N) is 1. The molecule has 1 amide bonds. The lowest BCUT2D eigenvalue weighted by atomic mass is 10.2. The van der Waals surface area contributed by atoms with Crippen molar-refractivity contribution in [1.29, 1.82) is 0 Å². The van der Waals surface area contributed by atoms with Crippen molar-refractivity contribution in [3.05, 3.63) is 40.9 Å². The number of carbonyl (C=O) groups excluding carboxylic acids is 2. The van der Waals surface area contributed by atoms with Gasteiger partial charge in [0.15, 0.2) is 6.61 Å². The van der Waals surface area contributed by atoms with E-state index in [0.29, 0.717) is 5.02 Å². The van der Waals surface area contributed by atoms with Crippen LogP contribution >= 0.6 is 11.6 Å². The third-order valence-corrected chi connectivity index (χ3v) is 2.90. The van der Waals surface area contributed by atoms with Crippen molar-refractivity contribution in [2.24, 2.45) is 0 Å². The predicted molar refractivity (Wildman–Crippen MR) is 79.3 cm³/mol. The van der Waals surface area contributed by atoms with Crippen LogP contribution < -0.4 is 5.32 Å². The van der Waals surface area contributed by atoms with Crippen LogP contribution in [0.3, 0.4) is 0 Å². The third kappa shape index (κ3) is 6.38. The first-order valence-electron chi connectivity index (χ1n) is 6.41. The average molecular weight is 296 g/mol. The monoisotopic (exact) mass is 295 g/mol. The van der Waals surface area contributed by atoms with Crippen LogP contribution in [0.4, 0.5) is 0 Å². The molecule has 0 fully saturated rings. The van der Waals surface area contributed by atoms with Crippen LogP contribution in [0, 0.1) is 0 Å². The fourth-order valence-electron chi connectivity index (χ4n) is 1.34. The average Bonchev–Trinajstić information content (AvgIpc) is 2.44. The molecule has 1 atom stereocenters. The number of halogens is 1. The number of hydrogen-bond acceptors (Lipinski definition) is 3. The van der Waals surface area contributed by atoms with Crippen LogP contribution in [-0.2, 0) is 14.3 Å². The van der Waals surface area contributed by atoms with E-state index >= 15 is 0 Å². The lowest BCUT2D eigenvalue weighted by Gasteiger charge is -2.10. The first kappa shape index (κ1) is 16.2. The van der Waals surface area contributed by atoms with Gasteiger partial charge in [-0.1, -0.05) is 30.7 Å². The predicted octanol–water partition coefficient (Wildman–Crippen LogP) is 2.81. The van der Waals surface area contributed by atoms with Gasteiger partial charge in [-0.2, -0.15) is 0 Å². The van der Waals surface area contributed by atoms with E-state index in [2.05, 4.69) is 5.32 Å². The van der Waals surface area contributed by atoms with Gasteiger partial charge in [-0.25, -0.2) is 4.79 Å². The summed E-state index contributed by atoms with van der Waals surface area (Å²) < 4.78 is 4.83. The molecule has 0 radical (unpaired) electrons. The molecule has 108 valence electrons. The molecule has 4 nitrogen and oxygen atoms in total. The van der Waals surface area contributed by atoms with Crippen LogP contribution in [0.25, 0.3) is 6.08 Å². The Morgan fingerprint density at radius 2 is 2.00 bits per heavy atom. The zero-order valence-corrected chi connectivity index (χ0v) is 12.3. The van der Waals surface area contributed by atoms with Gasteiger partial charge in [0.05, 0.1) is 0 Å². The zero-order chi connectivity index (χ0) is 15.0. The van der Waals surface area contributed by atoms with Gasteiger partial charge in [0, 0.05) is 17.1 Å². The van der Waals surface area contributed by atoms with E-state index in [1.54, 1.807) is 30.3 Å². The first-order valence-corrected chi connectivity index (χ1v) is 6.78. The van der Waals surface area contributed by atoms with Crippen LogP contribution in [0.1, 0.15) is 25.8 Å². The Morgan fingerprint density at radius 1 is 1.35 bits per heavy atom. The van der Waals surface area contributed by atoms with E-state index in [-0.39, 0.29) is 18.6 Å². The molecule has 0 spiro atoms. The highest BCUT2D eigenvalue weighted by Crippen LogP contribution is 2.10. The van der Waals surface area contributed by atoms with Crippen molar-refractivity contribution in [2.45, 2.75) is 26.3 Å². The molecule has 1 rings (SSSR count). The number of ether oxygens (including phenoxy) is 1. The van der Waals surface area contributed by atoms with Crippen LogP contribution in [0.2, 0.25) is 5.02 Å². The topological polar surface area (TPSA) is 55.4 Å². The highest BCUT2D eigenvalue weighted by Gasteiger charge is 2.07. The quantitative estimate of drug-likeness (QED) is 0.648. The molecule has 0 unspecified atom stereocenters. The first-order chi connectivity index (χ1) is 9.51. The van der Waals surface area contributed by atoms with Gasteiger partial charge >= 0.3 is 5.97 Å². The SMILES string of the molecule is CC[C@@H](C)NC(=O)COC(=O)/C=C/c1ccc(Cl)cc1. The van der Waals surface area contributed by atoms with Crippen LogP contribution in [-0.4, -0.2) is 24.5 Å². The highest BCUT2D eigenvalue weighted by atomic mass is 35.5. The number of amides is 1. The van der Waals surface area contributed by atoms with E-state index in [0.717, 1.165) is 12.0 Å². The maximum absolute atomic E-state index is 11.4. The Morgan fingerprint density at radius 3 is 2.60 bits per heavy atom. The van der Waals surface area contributed by atoms with Crippen molar-refractivity contribution in [1.82, 2.24) is 5.32 Å². The second-order valence-electron chi connectivity index (χ2n) is 4.37. The fourth-order valence-corrected chi connectivity index (χ4v) is 1.47. The molecule has 0 aliphatic rings. The van der Waals surface area contributed by atoms with E-state index in [4.69, 9.17) is 16.3 Å².